The molecule has 0 radical (unpaired) electrons. The lowest BCUT2D eigenvalue weighted by molar-refractivity contribution is 0.599. The van der Waals surface area contributed by atoms with Crippen LogP contribution in [0, 0.1) is 5.92 Å². The maximum Gasteiger partial charge on any atom is 0.0844 e. The first-order valence-electron chi connectivity index (χ1n) is 4.96. The molecular weight excluding hydrogens is 180 g/mol. The fourth-order valence-electron chi connectivity index (χ4n) is 1.17. The van der Waals surface area contributed by atoms with Gasteiger partial charge in [-0.15, -0.1) is 0 Å². The van der Waals surface area contributed by atoms with Gasteiger partial charge in [-0.3, -0.25) is 0 Å². The summed E-state index contributed by atoms with van der Waals surface area (Å²) in [6.45, 7) is 6.38. The van der Waals surface area contributed by atoms with E-state index in [1.54, 1.807) is 0 Å². The van der Waals surface area contributed by atoms with Crippen LogP contribution in [-0.4, -0.2) is 9.58 Å². The molecule has 0 N–H and O–H groups in total. The van der Waals surface area contributed by atoms with E-state index in [0.717, 1.165) is 12.8 Å². The zero-order valence-corrected chi connectivity index (χ0v) is 9.69. The van der Waals surface area contributed by atoms with Crippen LogP contribution in [0.1, 0.15) is 46.5 Å². The molecule has 0 aromatic carbocycles. The number of hydrogen-bond acceptors (Lipinski definition) is 1. The standard InChI is InChI=1S/C11H20OS/c1-4-5-6-11(9-13-12)8-7-10(2)3/h7,9,11H,4-6,8H2,1-3H3. The van der Waals surface area contributed by atoms with Crippen molar-refractivity contribution in [1.29, 1.82) is 0 Å². The average molecular weight is 200 g/mol. The highest BCUT2D eigenvalue weighted by Crippen LogP contribution is 2.12. The largest absolute Gasteiger partial charge is 0.213 e. The molecule has 0 bridgehead atoms. The normalized spacial score (nSPS) is 11.9. The molecule has 0 fully saturated rings. The molecule has 0 heterocycles. The number of hydrogen-bond donors (Lipinski definition) is 0. The van der Waals surface area contributed by atoms with Gasteiger partial charge in [-0.1, -0.05) is 31.4 Å². The fraction of sp³-hybridized carbons (Fsp3) is 0.727. The van der Waals surface area contributed by atoms with Crippen LogP contribution in [0.15, 0.2) is 11.6 Å². The van der Waals surface area contributed by atoms with E-state index in [1.807, 2.05) is 5.37 Å². The zero-order valence-electron chi connectivity index (χ0n) is 8.88. The lowest BCUT2D eigenvalue weighted by atomic mass is 10.00. The summed E-state index contributed by atoms with van der Waals surface area (Å²) in [5.41, 5.74) is 1.34. The number of allylic oxidation sites excluding steroid dienone is 2. The van der Waals surface area contributed by atoms with E-state index < -0.39 is 0 Å². The van der Waals surface area contributed by atoms with Crippen LogP contribution < -0.4 is 0 Å². The lowest BCUT2D eigenvalue weighted by Gasteiger charge is -2.07. The Labute approximate surface area is 85.3 Å². The Morgan fingerprint density at radius 3 is 2.62 bits per heavy atom. The highest BCUT2D eigenvalue weighted by Gasteiger charge is 2.02. The molecule has 1 nitrogen and oxygen atoms in total. The molecule has 76 valence electrons. The summed E-state index contributed by atoms with van der Waals surface area (Å²) >= 11 is 0.608. The van der Waals surface area contributed by atoms with Gasteiger partial charge in [-0.2, -0.15) is 0 Å². The molecule has 0 aliphatic rings. The Morgan fingerprint density at radius 1 is 1.46 bits per heavy atom. The third kappa shape index (κ3) is 7.97. The molecule has 0 aromatic rings. The Bertz CT molecular complexity index is 198. The molecular formula is C11H20OS. The van der Waals surface area contributed by atoms with E-state index in [2.05, 4.69) is 26.8 Å². The van der Waals surface area contributed by atoms with E-state index in [0.29, 0.717) is 17.2 Å². The third-order valence-corrected chi connectivity index (χ3v) is 2.50. The van der Waals surface area contributed by atoms with E-state index in [1.165, 1.54) is 18.4 Å². The van der Waals surface area contributed by atoms with Crippen LogP contribution in [0.25, 0.3) is 0 Å². The Kier molecular flexibility index (Phi) is 8.00. The van der Waals surface area contributed by atoms with Crippen molar-refractivity contribution < 1.29 is 4.21 Å². The van der Waals surface area contributed by atoms with Crippen molar-refractivity contribution in [3.63, 3.8) is 0 Å². The maximum absolute atomic E-state index is 10.4. The quantitative estimate of drug-likeness (QED) is 0.475. The van der Waals surface area contributed by atoms with Gasteiger partial charge in [-0.05, 0) is 32.6 Å². The van der Waals surface area contributed by atoms with Gasteiger partial charge >= 0.3 is 0 Å². The van der Waals surface area contributed by atoms with Crippen molar-refractivity contribution >= 4 is 16.6 Å². The van der Waals surface area contributed by atoms with Crippen LogP contribution in [0.4, 0.5) is 0 Å². The predicted molar refractivity (Wildman–Crippen MR) is 61.3 cm³/mol. The third-order valence-electron chi connectivity index (χ3n) is 2.01. The fourth-order valence-corrected chi connectivity index (χ4v) is 1.58. The summed E-state index contributed by atoms with van der Waals surface area (Å²) in [4.78, 5) is 0. The topological polar surface area (TPSA) is 17.1 Å². The van der Waals surface area contributed by atoms with Gasteiger partial charge in [0.15, 0.2) is 0 Å². The molecule has 0 rings (SSSR count). The lowest BCUT2D eigenvalue weighted by Crippen LogP contribution is -2.00. The van der Waals surface area contributed by atoms with Crippen molar-refractivity contribution in [2.75, 3.05) is 0 Å². The van der Waals surface area contributed by atoms with Crippen LogP contribution >= 0.6 is 0 Å². The second-order valence-electron chi connectivity index (χ2n) is 3.65. The van der Waals surface area contributed by atoms with E-state index in [-0.39, 0.29) is 0 Å². The molecule has 1 unspecified atom stereocenters. The second-order valence-corrected chi connectivity index (χ2v) is 4.12. The Balaban J connectivity index is 3.94. The van der Waals surface area contributed by atoms with E-state index in [4.69, 9.17) is 0 Å². The highest BCUT2D eigenvalue weighted by atomic mass is 32.1. The smallest absolute Gasteiger partial charge is 0.0844 e. The van der Waals surface area contributed by atoms with Gasteiger partial charge in [0.2, 0.25) is 0 Å². The second kappa shape index (κ2) is 8.24. The van der Waals surface area contributed by atoms with Gasteiger partial charge in [0, 0.05) is 5.37 Å². The number of unbranched alkanes of at least 4 members (excludes halogenated alkanes) is 1. The minimum atomic E-state index is 0.470. The first-order valence-corrected chi connectivity index (χ1v) is 5.76. The molecule has 0 saturated carbocycles. The summed E-state index contributed by atoms with van der Waals surface area (Å²) in [5.74, 6) is 0.470. The molecule has 0 aromatic heterocycles. The zero-order chi connectivity index (χ0) is 10.1. The molecule has 0 spiro atoms. The molecule has 0 aliphatic heterocycles. The summed E-state index contributed by atoms with van der Waals surface area (Å²) < 4.78 is 10.4. The van der Waals surface area contributed by atoms with Crippen molar-refractivity contribution in [2.45, 2.75) is 46.5 Å². The van der Waals surface area contributed by atoms with Crippen molar-refractivity contribution in [3.8, 4) is 0 Å². The van der Waals surface area contributed by atoms with Crippen LogP contribution in [0.2, 0.25) is 0 Å². The summed E-state index contributed by atoms with van der Waals surface area (Å²) in [6, 6.07) is 0. The Hall–Kier alpha value is -0.370. The van der Waals surface area contributed by atoms with Crippen molar-refractivity contribution in [3.05, 3.63) is 11.6 Å². The van der Waals surface area contributed by atoms with Crippen molar-refractivity contribution in [1.82, 2.24) is 0 Å². The van der Waals surface area contributed by atoms with Gasteiger partial charge in [0.05, 0.1) is 11.3 Å². The molecule has 0 saturated heterocycles. The highest BCUT2D eigenvalue weighted by molar-refractivity contribution is 7.64. The summed E-state index contributed by atoms with van der Waals surface area (Å²) in [7, 11) is 0. The molecule has 0 amide bonds. The van der Waals surface area contributed by atoms with Crippen molar-refractivity contribution in [2.24, 2.45) is 5.92 Å². The van der Waals surface area contributed by atoms with Gasteiger partial charge in [0.25, 0.3) is 0 Å². The monoisotopic (exact) mass is 200 g/mol. The summed E-state index contributed by atoms with van der Waals surface area (Å²) in [6.07, 6.45) is 6.82. The predicted octanol–water partition coefficient (Wildman–Crippen LogP) is 3.16. The summed E-state index contributed by atoms with van der Waals surface area (Å²) in [5, 5.41) is 1.83. The minimum absolute atomic E-state index is 0.470. The van der Waals surface area contributed by atoms with Gasteiger partial charge in [0.1, 0.15) is 0 Å². The number of rotatable bonds is 6. The first kappa shape index (κ1) is 12.6. The van der Waals surface area contributed by atoms with Gasteiger partial charge < -0.3 is 0 Å². The SMILES string of the molecule is CCCCC(C=S=O)CC=C(C)C. The van der Waals surface area contributed by atoms with Crippen LogP contribution in [0.3, 0.4) is 0 Å². The average Bonchev–Trinajstić information content (AvgIpc) is 2.09. The van der Waals surface area contributed by atoms with Crippen LogP contribution in [-0.2, 0) is 11.3 Å². The van der Waals surface area contributed by atoms with Crippen LogP contribution in [0.5, 0.6) is 0 Å². The minimum Gasteiger partial charge on any atom is -0.213 e. The maximum atomic E-state index is 10.4. The first-order chi connectivity index (χ1) is 6.20. The van der Waals surface area contributed by atoms with E-state index >= 15 is 0 Å². The molecule has 0 aliphatic carbocycles. The molecule has 13 heavy (non-hydrogen) atoms. The van der Waals surface area contributed by atoms with Gasteiger partial charge in [-0.25, -0.2) is 4.21 Å². The molecule has 1 atom stereocenters. The van der Waals surface area contributed by atoms with E-state index in [9.17, 15) is 4.21 Å². The molecule has 2 heteroatoms. The Morgan fingerprint density at radius 2 is 2.15 bits per heavy atom.